The normalized spacial score (nSPS) is 11.4. The lowest BCUT2D eigenvalue weighted by Gasteiger charge is -2.10. The van der Waals surface area contributed by atoms with E-state index in [1.807, 2.05) is 13.8 Å². The van der Waals surface area contributed by atoms with E-state index in [-0.39, 0.29) is 24.2 Å². The van der Waals surface area contributed by atoms with Crippen LogP contribution in [0.2, 0.25) is 0 Å². The lowest BCUT2D eigenvalue weighted by Crippen LogP contribution is -2.34. The highest BCUT2D eigenvalue weighted by molar-refractivity contribution is 7.91. The van der Waals surface area contributed by atoms with Crippen molar-refractivity contribution in [1.29, 1.82) is 0 Å². The van der Waals surface area contributed by atoms with Crippen LogP contribution < -0.4 is 10.6 Å². The number of rotatable bonds is 6. The van der Waals surface area contributed by atoms with Gasteiger partial charge in [-0.2, -0.15) is 0 Å². The number of carbonyl (C=O) groups excluding carboxylic acids is 1. The Hall–Kier alpha value is -1.56. The van der Waals surface area contributed by atoms with Gasteiger partial charge < -0.3 is 10.6 Å². The molecule has 0 aliphatic rings. The molecule has 0 fully saturated rings. The maximum Gasteiger partial charge on any atom is 0.239 e. The summed E-state index contributed by atoms with van der Waals surface area (Å²) in [5.41, 5.74) is 0.717. The van der Waals surface area contributed by atoms with Crippen LogP contribution in [0, 0.1) is 0 Å². The van der Waals surface area contributed by atoms with Crippen molar-refractivity contribution in [3.63, 3.8) is 0 Å². The molecule has 0 spiro atoms. The third kappa shape index (κ3) is 4.90. The van der Waals surface area contributed by atoms with Crippen LogP contribution in [-0.4, -0.2) is 32.7 Å². The first kappa shape index (κ1) is 15.5. The molecule has 0 unspecified atom stereocenters. The van der Waals surface area contributed by atoms with Gasteiger partial charge in [-0.3, -0.25) is 4.79 Å². The average Bonchev–Trinajstić information content (AvgIpc) is 2.36. The van der Waals surface area contributed by atoms with E-state index in [0.717, 1.165) is 0 Å². The Labute approximate surface area is 114 Å². The molecule has 0 saturated heterocycles. The highest BCUT2D eigenvalue weighted by atomic mass is 32.2. The maximum atomic E-state index is 11.6. The van der Waals surface area contributed by atoms with Crippen molar-refractivity contribution in [3.05, 3.63) is 24.3 Å². The molecule has 0 atom stereocenters. The lowest BCUT2D eigenvalue weighted by molar-refractivity contribution is -0.119. The fourth-order valence-electron chi connectivity index (χ4n) is 1.50. The minimum Gasteiger partial charge on any atom is -0.376 e. The lowest BCUT2D eigenvalue weighted by atomic mass is 10.3. The molecule has 0 heterocycles. The molecule has 5 nitrogen and oxygen atoms in total. The Kier molecular flexibility index (Phi) is 5.35. The molecular formula is C13H20N2O3S. The Morgan fingerprint density at radius 1 is 1.21 bits per heavy atom. The summed E-state index contributed by atoms with van der Waals surface area (Å²) in [6.07, 6.45) is 0. The molecule has 0 aliphatic carbocycles. The third-order valence-corrected chi connectivity index (χ3v) is 4.25. The molecule has 19 heavy (non-hydrogen) atoms. The van der Waals surface area contributed by atoms with Gasteiger partial charge in [0.15, 0.2) is 9.84 Å². The molecule has 0 aromatic heterocycles. The first-order valence-electron chi connectivity index (χ1n) is 6.21. The van der Waals surface area contributed by atoms with E-state index in [1.54, 1.807) is 31.2 Å². The predicted molar refractivity (Wildman–Crippen MR) is 75.9 cm³/mol. The predicted octanol–water partition coefficient (Wildman–Crippen LogP) is 1.42. The van der Waals surface area contributed by atoms with E-state index in [9.17, 15) is 13.2 Å². The molecule has 0 radical (unpaired) electrons. The van der Waals surface area contributed by atoms with E-state index in [1.165, 1.54) is 0 Å². The van der Waals surface area contributed by atoms with Crippen LogP contribution in [0.5, 0.6) is 0 Å². The molecule has 2 N–H and O–H groups in total. The third-order valence-electron chi connectivity index (χ3n) is 2.50. The van der Waals surface area contributed by atoms with E-state index < -0.39 is 9.84 Å². The minimum absolute atomic E-state index is 0.0799. The monoisotopic (exact) mass is 284 g/mol. The van der Waals surface area contributed by atoms with Crippen LogP contribution in [-0.2, 0) is 14.6 Å². The van der Waals surface area contributed by atoms with Crippen molar-refractivity contribution in [3.8, 4) is 0 Å². The fourth-order valence-corrected chi connectivity index (χ4v) is 2.39. The SMILES string of the molecule is CCS(=O)(=O)c1ccc(NCC(=O)NC(C)C)cc1. The summed E-state index contributed by atoms with van der Waals surface area (Å²) in [5.74, 6) is -0.0171. The van der Waals surface area contributed by atoms with Crippen LogP contribution in [0.3, 0.4) is 0 Å². The van der Waals surface area contributed by atoms with Gasteiger partial charge >= 0.3 is 0 Å². The number of hydrogen-bond acceptors (Lipinski definition) is 4. The molecule has 0 bridgehead atoms. The summed E-state index contributed by atoms with van der Waals surface area (Å²) in [5, 5.41) is 5.70. The van der Waals surface area contributed by atoms with Gasteiger partial charge in [0, 0.05) is 11.7 Å². The Balaban J connectivity index is 2.61. The van der Waals surface area contributed by atoms with E-state index in [2.05, 4.69) is 10.6 Å². The first-order chi connectivity index (χ1) is 8.85. The highest BCUT2D eigenvalue weighted by Crippen LogP contribution is 2.14. The maximum absolute atomic E-state index is 11.6. The number of carbonyl (C=O) groups is 1. The summed E-state index contributed by atoms with van der Waals surface area (Å²) >= 11 is 0. The van der Waals surface area contributed by atoms with Crippen molar-refractivity contribution in [2.24, 2.45) is 0 Å². The van der Waals surface area contributed by atoms with E-state index >= 15 is 0 Å². The summed E-state index contributed by atoms with van der Waals surface area (Å²) in [7, 11) is -3.17. The number of hydrogen-bond donors (Lipinski definition) is 2. The van der Waals surface area contributed by atoms with Gasteiger partial charge in [0.25, 0.3) is 0 Å². The zero-order valence-corrected chi connectivity index (χ0v) is 12.3. The van der Waals surface area contributed by atoms with Crippen LogP contribution in [0.15, 0.2) is 29.2 Å². The van der Waals surface area contributed by atoms with Gasteiger partial charge in [0.2, 0.25) is 5.91 Å². The molecule has 6 heteroatoms. The summed E-state index contributed by atoms with van der Waals surface area (Å²) in [6, 6.07) is 6.51. The molecule has 106 valence electrons. The summed E-state index contributed by atoms with van der Waals surface area (Å²) < 4.78 is 23.2. The number of benzene rings is 1. The molecule has 1 amide bonds. The van der Waals surface area contributed by atoms with Gasteiger partial charge in [0.1, 0.15) is 0 Å². The van der Waals surface area contributed by atoms with Gasteiger partial charge in [-0.05, 0) is 38.1 Å². The van der Waals surface area contributed by atoms with Crippen LogP contribution in [0.1, 0.15) is 20.8 Å². The molecule has 1 aromatic rings. The van der Waals surface area contributed by atoms with E-state index in [4.69, 9.17) is 0 Å². The summed E-state index contributed by atoms with van der Waals surface area (Å²) in [6.45, 7) is 5.56. The first-order valence-corrected chi connectivity index (χ1v) is 7.86. The van der Waals surface area contributed by atoms with Gasteiger partial charge in [-0.1, -0.05) is 6.92 Å². The van der Waals surface area contributed by atoms with Gasteiger partial charge in [-0.15, -0.1) is 0 Å². The molecular weight excluding hydrogens is 264 g/mol. The van der Waals surface area contributed by atoms with Crippen molar-refractivity contribution < 1.29 is 13.2 Å². The number of anilines is 1. The summed E-state index contributed by atoms with van der Waals surface area (Å²) in [4.78, 5) is 11.7. The smallest absolute Gasteiger partial charge is 0.239 e. The largest absolute Gasteiger partial charge is 0.376 e. The van der Waals surface area contributed by atoms with Crippen molar-refractivity contribution in [2.75, 3.05) is 17.6 Å². The van der Waals surface area contributed by atoms with Crippen molar-refractivity contribution >= 4 is 21.4 Å². The van der Waals surface area contributed by atoms with Crippen LogP contribution in [0.25, 0.3) is 0 Å². The standard InChI is InChI=1S/C13H20N2O3S/c1-4-19(17,18)12-7-5-11(6-8-12)14-9-13(16)15-10(2)3/h5-8,10,14H,4,9H2,1-3H3,(H,15,16). The Morgan fingerprint density at radius 3 is 2.26 bits per heavy atom. The van der Waals surface area contributed by atoms with Crippen LogP contribution >= 0.6 is 0 Å². The zero-order valence-electron chi connectivity index (χ0n) is 11.4. The molecule has 0 aliphatic heterocycles. The van der Waals surface area contributed by atoms with Crippen molar-refractivity contribution in [1.82, 2.24) is 5.32 Å². The highest BCUT2D eigenvalue weighted by Gasteiger charge is 2.10. The van der Waals surface area contributed by atoms with Crippen molar-refractivity contribution in [2.45, 2.75) is 31.7 Å². The van der Waals surface area contributed by atoms with Gasteiger partial charge in [0.05, 0.1) is 17.2 Å². The minimum atomic E-state index is -3.17. The number of nitrogens with one attached hydrogen (secondary N) is 2. The molecule has 1 aromatic carbocycles. The van der Waals surface area contributed by atoms with Crippen LogP contribution in [0.4, 0.5) is 5.69 Å². The van der Waals surface area contributed by atoms with E-state index in [0.29, 0.717) is 10.6 Å². The second-order valence-electron chi connectivity index (χ2n) is 4.50. The Bertz CT molecular complexity index is 521. The molecule has 1 rings (SSSR count). The quantitative estimate of drug-likeness (QED) is 0.828. The molecule has 0 saturated carbocycles. The zero-order chi connectivity index (χ0) is 14.5. The topological polar surface area (TPSA) is 75.3 Å². The second-order valence-corrected chi connectivity index (χ2v) is 6.78. The number of sulfone groups is 1. The average molecular weight is 284 g/mol. The fraction of sp³-hybridized carbons (Fsp3) is 0.462. The number of amides is 1. The van der Waals surface area contributed by atoms with Gasteiger partial charge in [-0.25, -0.2) is 8.42 Å². The second kappa shape index (κ2) is 6.56. The Morgan fingerprint density at radius 2 is 1.79 bits per heavy atom.